The van der Waals surface area contributed by atoms with Crippen LogP contribution in [-0.2, 0) is 16.1 Å². The molecule has 0 saturated carbocycles. The second-order valence-corrected chi connectivity index (χ2v) is 7.98. The Hall–Kier alpha value is -3.09. The van der Waals surface area contributed by atoms with Gasteiger partial charge in [0.05, 0.1) is 12.1 Å². The van der Waals surface area contributed by atoms with E-state index >= 15 is 0 Å². The molecule has 3 aromatic rings. The maximum absolute atomic E-state index is 12.3. The highest BCUT2D eigenvalue weighted by atomic mass is 79.9. The maximum atomic E-state index is 12.3. The molecule has 156 valence electrons. The Morgan fingerprint density at radius 2 is 1.90 bits per heavy atom. The van der Waals surface area contributed by atoms with E-state index in [9.17, 15) is 4.79 Å². The van der Waals surface area contributed by atoms with Crippen LogP contribution in [0.3, 0.4) is 0 Å². The number of aliphatic imine (C=N–C) groups is 1. The van der Waals surface area contributed by atoms with E-state index < -0.39 is 5.97 Å². The molecule has 0 aromatic heterocycles. The number of hydrogen-bond donors (Lipinski definition) is 0. The number of benzene rings is 3. The highest BCUT2D eigenvalue weighted by molar-refractivity contribution is 9.10. The fraction of sp³-hybridized carbons (Fsp3) is 0.0833. The smallest absolute Gasteiger partial charge is 0.363 e. The number of rotatable bonds is 6. The molecule has 0 aliphatic carbocycles. The zero-order valence-electron chi connectivity index (χ0n) is 16.5. The van der Waals surface area contributed by atoms with Crippen molar-refractivity contribution in [1.29, 1.82) is 0 Å². The fourth-order valence-electron chi connectivity index (χ4n) is 3.02. The summed E-state index contributed by atoms with van der Waals surface area (Å²) >= 11 is 9.91. The van der Waals surface area contributed by atoms with Crippen molar-refractivity contribution in [3.05, 3.63) is 98.6 Å². The third-order valence-electron chi connectivity index (χ3n) is 4.47. The molecule has 4 rings (SSSR count). The van der Waals surface area contributed by atoms with Crippen molar-refractivity contribution in [3.8, 4) is 11.5 Å². The van der Waals surface area contributed by atoms with Gasteiger partial charge in [0.1, 0.15) is 6.61 Å². The first-order chi connectivity index (χ1) is 15.0. The first kappa shape index (κ1) is 21.2. The predicted octanol–water partition coefficient (Wildman–Crippen LogP) is 6.03. The lowest BCUT2D eigenvalue weighted by Crippen LogP contribution is -2.05. The largest absolute Gasteiger partial charge is 0.493 e. The Labute approximate surface area is 193 Å². The average Bonchev–Trinajstić information content (AvgIpc) is 3.13. The molecule has 0 radical (unpaired) electrons. The van der Waals surface area contributed by atoms with Gasteiger partial charge >= 0.3 is 5.97 Å². The van der Waals surface area contributed by atoms with Gasteiger partial charge < -0.3 is 14.2 Å². The molecular weight excluding hydrogens is 482 g/mol. The van der Waals surface area contributed by atoms with Gasteiger partial charge in [0.2, 0.25) is 5.90 Å². The van der Waals surface area contributed by atoms with Crippen molar-refractivity contribution in [2.75, 3.05) is 7.11 Å². The normalized spacial score (nSPS) is 14.4. The van der Waals surface area contributed by atoms with E-state index in [0.717, 1.165) is 15.6 Å². The zero-order chi connectivity index (χ0) is 21.8. The van der Waals surface area contributed by atoms with E-state index in [1.54, 1.807) is 18.2 Å². The van der Waals surface area contributed by atoms with Crippen LogP contribution in [0.1, 0.15) is 16.7 Å². The van der Waals surface area contributed by atoms with E-state index in [2.05, 4.69) is 20.9 Å². The van der Waals surface area contributed by atoms with E-state index in [1.165, 1.54) is 7.11 Å². The van der Waals surface area contributed by atoms with Crippen LogP contribution >= 0.6 is 27.5 Å². The molecule has 0 atom stereocenters. The summed E-state index contributed by atoms with van der Waals surface area (Å²) in [6.07, 6.45) is 1.60. The molecule has 0 spiro atoms. The van der Waals surface area contributed by atoms with Gasteiger partial charge in [-0.3, -0.25) is 0 Å². The molecule has 1 aliphatic rings. The Morgan fingerprint density at radius 3 is 2.65 bits per heavy atom. The van der Waals surface area contributed by atoms with E-state index in [-0.39, 0.29) is 11.6 Å². The van der Waals surface area contributed by atoms with Gasteiger partial charge in [0.25, 0.3) is 0 Å². The van der Waals surface area contributed by atoms with Gasteiger partial charge in [0, 0.05) is 10.0 Å². The topological polar surface area (TPSA) is 57.1 Å². The molecule has 0 saturated heterocycles. The molecule has 0 fully saturated rings. The summed E-state index contributed by atoms with van der Waals surface area (Å²) in [5, 5.41) is 0.361. The Balaban J connectivity index is 1.59. The van der Waals surface area contributed by atoms with Gasteiger partial charge in [-0.25, -0.2) is 9.79 Å². The third kappa shape index (κ3) is 4.98. The van der Waals surface area contributed by atoms with Crippen molar-refractivity contribution in [2.24, 2.45) is 4.99 Å². The van der Waals surface area contributed by atoms with Crippen molar-refractivity contribution < 1.29 is 19.0 Å². The van der Waals surface area contributed by atoms with Crippen molar-refractivity contribution in [1.82, 2.24) is 0 Å². The quantitative estimate of drug-likeness (QED) is 0.307. The summed E-state index contributed by atoms with van der Waals surface area (Å²) in [4.78, 5) is 16.6. The van der Waals surface area contributed by atoms with Gasteiger partial charge in [-0.2, -0.15) is 0 Å². The first-order valence-electron chi connectivity index (χ1n) is 9.36. The monoisotopic (exact) mass is 497 g/mol. The van der Waals surface area contributed by atoms with Gasteiger partial charge in [-0.15, -0.1) is 0 Å². The highest BCUT2D eigenvalue weighted by Gasteiger charge is 2.24. The van der Waals surface area contributed by atoms with Crippen LogP contribution in [0.2, 0.25) is 5.02 Å². The first-order valence-corrected chi connectivity index (χ1v) is 10.5. The number of cyclic esters (lactones) is 1. The molecule has 7 heteroatoms. The minimum Gasteiger partial charge on any atom is -0.493 e. The predicted molar refractivity (Wildman–Crippen MR) is 124 cm³/mol. The van der Waals surface area contributed by atoms with Crippen LogP contribution < -0.4 is 9.47 Å². The number of esters is 1. The maximum Gasteiger partial charge on any atom is 0.363 e. The summed E-state index contributed by atoms with van der Waals surface area (Å²) in [7, 11) is 1.53. The SMILES string of the molecule is COc1cc(/C=C2/N=C(c3ccccc3)OC2=O)cc(Cl)c1OCc1cccc(Br)c1. The summed E-state index contributed by atoms with van der Waals surface area (Å²) in [6, 6.07) is 20.5. The summed E-state index contributed by atoms with van der Waals surface area (Å²) < 4.78 is 17.6. The zero-order valence-corrected chi connectivity index (χ0v) is 18.8. The minimum atomic E-state index is -0.524. The number of halogens is 2. The number of carbonyl (C=O) groups excluding carboxylic acids is 1. The molecule has 0 amide bonds. The summed E-state index contributed by atoms with van der Waals surface area (Å²) in [6.45, 7) is 0.326. The second kappa shape index (κ2) is 9.37. The number of ether oxygens (including phenoxy) is 3. The van der Waals surface area contributed by atoms with Crippen LogP contribution in [0.25, 0.3) is 6.08 Å². The molecule has 31 heavy (non-hydrogen) atoms. The number of hydrogen-bond acceptors (Lipinski definition) is 5. The molecule has 1 heterocycles. The Bertz CT molecular complexity index is 1190. The second-order valence-electron chi connectivity index (χ2n) is 6.65. The van der Waals surface area contributed by atoms with Gasteiger partial charge in [-0.05, 0) is 53.6 Å². The Kier molecular flexibility index (Phi) is 6.39. The van der Waals surface area contributed by atoms with Crippen molar-refractivity contribution in [2.45, 2.75) is 6.61 Å². The molecule has 3 aromatic carbocycles. The summed E-state index contributed by atoms with van der Waals surface area (Å²) in [5.41, 5.74) is 2.53. The Morgan fingerprint density at radius 1 is 1.10 bits per heavy atom. The van der Waals surface area contributed by atoms with Crippen LogP contribution in [0.5, 0.6) is 11.5 Å². The number of methoxy groups -OCH3 is 1. The number of nitrogens with zero attached hydrogens (tertiary/aromatic N) is 1. The molecule has 1 aliphatic heterocycles. The molecular formula is C24H17BrClNO4. The van der Waals surface area contributed by atoms with Gasteiger partial charge in [0.15, 0.2) is 17.2 Å². The molecule has 5 nitrogen and oxygen atoms in total. The molecule has 0 N–H and O–H groups in total. The van der Waals surface area contributed by atoms with E-state index in [4.69, 9.17) is 25.8 Å². The van der Waals surface area contributed by atoms with E-state index in [1.807, 2.05) is 54.6 Å². The third-order valence-corrected chi connectivity index (χ3v) is 5.24. The minimum absolute atomic E-state index is 0.180. The average molecular weight is 499 g/mol. The van der Waals surface area contributed by atoms with E-state index in [0.29, 0.717) is 28.7 Å². The van der Waals surface area contributed by atoms with Crippen LogP contribution in [0.4, 0.5) is 0 Å². The van der Waals surface area contributed by atoms with Crippen LogP contribution in [0.15, 0.2) is 81.9 Å². The molecule has 0 unspecified atom stereocenters. The van der Waals surface area contributed by atoms with Crippen LogP contribution in [0, 0.1) is 0 Å². The van der Waals surface area contributed by atoms with Crippen LogP contribution in [-0.4, -0.2) is 19.0 Å². The standard InChI is InChI=1S/C24H17BrClNO4/c1-29-21-13-16(11-19(26)22(21)30-14-15-6-5-9-18(25)10-15)12-20-24(28)31-23(27-20)17-7-3-2-4-8-17/h2-13H,14H2,1H3/b20-12+. The lowest BCUT2D eigenvalue weighted by Gasteiger charge is -2.13. The number of carbonyl (C=O) groups is 1. The highest BCUT2D eigenvalue weighted by Crippen LogP contribution is 2.38. The van der Waals surface area contributed by atoms with Crippen molar-refractivity contribution >= 4 is 45.5 Å². The lowest BCUT2D eigenvalue weighted by molar-refractivity contribution is -0.129. The van der Waals surface area contributed by atoms with Crippen molar-refractivity contribution in [3.63, 3.8) is 0 Å². The molecule has 0 bridgehead atoms. The lowest BCUT2D eigenvalue weighted by atomic mass is 10.1. The summed E-state index contributed by atoms with van der Waals surface area (Å²) in [5.74, 6) is 0.620. The van der Waals surface area contributed by atoms with Gasteiger partial charge in [-0.1, -0.05) is 57.9 Å². The fourth-order valence-corrected chi connectivity index (χ4v) is 3.74.